The van der Waals surface area contributed by atoms with Crippen LogP contribution in [0.4, 0.5) is 0 Å². The van der Waals surface area contributed by atoms with E-state index in [0.29, 0.717) is 25.7 Å². The number of aliphatic hydroxyl groups excluding tert-OH is 1. The number of benzene rings is 2. The summed E-state index contributed by atoms with van der Waals surface area (Å²) >= 11 is 0. The van der Waals surface area contributed by atoms with Crippen molar-refractivity contribution in [3.8, 4) is 11.5 Å². The Bertz CT molecular complexity index is 1970. The maximum atomic E-state index is 14.0. The average molecular weight is 826 g/mol. The zero-order valence-electron chi connectivity index (χ0n) is 34.4. The third kappa shape index (κ3) is 8.19. The third-order valence-electron chi connectivity index (χ3n) is 12.5. The summed E-state index contributed by atoms with van der Waals surface area (Å²) in [5, 5.41) is 44.9. The summed E-state index contributed by atoms with van der Waals surface area (Å²) in [6, 6.07) is 5.02. The SMILES string of the molecule is COC(=O)[C@H]1c2cc3c(c(O)c2[C@H](O[C@@H]2C[C@H](N(C)C)[C@@H](O[C@H]4CC[C@H](O[C@H]5CC[C@H](O)[C@@H](C)O5)[C@@H](C)O4)[C@H](C)O2)C[C@@]1(O)CC(C)=O)C(=O)c1c(O)cccc1C3=O. The molecule has 0 radical (unpaired) electrons. The lowest BCUT2D eigenvalue weighted by Crippen LogP contribution is -2.57. The highest BCUT2D eigenvalue weighted by Gasteiger charge is 2.54. The normalized spacial score (nSPS) is 35.8. The number of phenolic OH excluding ortho intramolecular Hbond substituents is 2. The molecule has 322 valence electrons. The minimum Gasteiger partial charge on any atom is -0.507 e. The van der Waals surface area contributed by atoms with Gasteiger partial charge in [-0.2, -0.15) is 0 Å². The zero-order valence-corrected chi connectivity index (χ0v) is 34.4. The summed E-state index contributed by atoms with van der Waals surface area (Å²) < 4.78 is 43.2. The van der Waals surface area contributed by atoms with Crippen LogP contribution in [0, 0.1) is 0 Å². The van der Waals surface area contributed by atoms with Gasteiger partial charge in [-0.3, -0.25) is 19.2 Å². The second kappa shape index (κ2) is 16.9. The molecule has 0 bridgehead atoms. The van der Waals surface area contributed by atoms with Crippen LogP contribution in [-0.2, 0) is 42.7 Å². The number of aliphatic hydroxyl groups is 2. The monoisotopic (exact) mass is 825 g/mol. The second-order valence-electron chi connectivity index (χ2n) is 16.9. The zero-order chi connectivity index (χ0) is 42.7. The Balaban J connectivity index is 1.15. The molecule has 0 saturated carbocycles. The number of ketones is 3. The highest BCUT2D eigenvalue weighted by Crippen LogP contribution is 2.54. The van der Waals surface area contributed by atoms with Crippen molar-refractivity contribution in [2.24, 2.45) is 0 Å². The van der Waals surface area contributed by atoms with E-state index in [4.69, 9.17) is 33.2 Å². The Labute approximate surface area is 342 Å². The molecule has 3 fully saturated rings. The maximum absolute atomic E-state index is 14.0. The van der Waals surface area contributed by atoms with Crippen LogP contribution in [0.5, 0.6) is 11.5 Å². The number of nitrogens with zero attached hydrogens (tertiary/aromatic N) is 1. The van der Waals surface area contributed by atoms with Crippen molar-refractivity contribution in [3.63, 3.8) is 0 Å². The van der Waals surface area contributed by atoms with Gasteiger partial charge >= 0.3 is 5.97 Å². The van der Waals surface area contributed by atoms with Gasteiger partial charge in [0.1, 0.15) is 29.3 Å². The molecule has 2 aromatic rings. The van der Waals surface area contributed by atoms with E-state index in [0.717, 1.165) is 7.11 Å². The van der Waals surface area contributed by atoms with E-state index in [9.17, 15) is 39.6 Å². The number of phenols is 2. The largest absolute Gasteiger partial charge is 0.507 e. The molecule has 3 saturated heterocycles. The van der Waals surface area contributed by atoms with Gasteiger partial charge in [0.15, 0.2) is 24.7 Å². The van der Waals surface area contributed by atoms with Gasteiger partial charge in [0, 0.05) is 54.8 Å². The van der Waals surface area contributed by atoms with Crippen molar-refractivity contribution in [1.29, 1.82) is 0 Å². The van der Waals surface area contributed by atoms with Crippen molar-refractivity contribution >= 4 is 23.3 Å². The Kier molecular flexibility index (Phi) is 12.4. The lowest BCUT2D eigenvalue weighted by molar-refractivity contribution is -0.314. The van der Waals surface area contributed by atoms with Gasteiger partial charge in [-0.05, 0) is 72.3 Å². The Morgan fingerprint density at radius 1 is 0.864 bits per heavy atom. The summed E-state index contributed by atoms with van der Waals surface area (Å²) in [4.78, 5) is 56.0. The van der Waals surface area contributed by atoms with Crippen molar-refractivity contribution in [2.75, 3.05) is 21.2 Å². The first-order chi connectivity index (χ1) is 27.9. The minimum atomic E-state index is -2.10. The molecule has 13 atom stereocenters. The number of fused-ring (bicyclic) bond motifs is 3. The summed E-state index contributed by atoms with van der Waals surface area (Å²) in [7, 11) is 4.90. The first kappa shape index (κ1) is 43.3. The average Bonchev–Trinajstić information content (AvgIpc) is 3.16. The lowest BCUT2D eigenvalue weighted by Gasteiger charge is -2.48. The van der Waals surface area contributed by atoms with Crippen LogP contribution in [0.3, 0.4) is 0 Å². The number of carbonyl (C=O) groups is 4. The van der Waals surface area contributed by atoms with E-state index >= 15 is 0 Å². The second-order valence-corrected chi connectivity index (χ2v) is 16.9. The van der Waals surface area contributed by atoms with Gasteiger partial charge in [-0.1, -0.05) is 12.1 Å². The molecular weight excluding hydrogens is 770 g/mol. The molecule has 2 aliphatic carbocycles. The number of Topliss-reactive ketones (excluding diaryl/α,β-unsaturated/α-hetero) is 1. The fraction of sp³-hybridized carbons (Fsp3) is 0.628. The topological polar surface area (TPSA) is 217 Å². The summed E-state index contributed by atoms with van der Waals surface area (Å²) in [6.07, 6.45) is -3.91. The van der Waals surface area contributed by atoms with Gasteiger partial charge in [-0.15, -0.1) is 0 Å². The van der Waals surface area contributed by atoms with Crippen LogP contribution in [0.1, 0.15) is 128 Å². The molecule has 7 rings (SSSR count). The van der Waals surface area contributed by atoms with E-state index in [1.165, 1.54) is 31.2 Å². The predicted molar refractivity (Wildman–Crippen MR) is 206 cm³/mol. The molecule has 0 spiro atoms. The molecule has 3 heterocycles. The minimum absolute atomic E-state index is 0.0416. The number of methoxy groups -OCH3 is 1. The van der Waals surface area contributed by atoms with Gasteiger partial charge in [-0.25, -0.2) is 0 Å². The first-order valence-corrected chi connectivity index (χ1v) is 20.3. The van der Waals surface area contributed by atoms with Crippen LogP contribution < -0.4 is 0 Å². The van der Waals surface area contributed by atoms with E-state index in [-0.39, 0.29) is 70.6 Å². The standard InChI is InChI=1S/C43H55NO15/c1-19(45)17-43(52)18-30(35-24(37(43)42(51)53-7)15-25-36(40(35)50)39(49)34-23(38(25)48)9-8-10-28(34)47)58-33-16-26(44(5)6)41(22(4)56-33)59-32-14-12-29(21(3)55-32)57-31-13-11-27(46)20(2)54-31/h8-10,15,20-22,26-27,29-33,37,41,46-47,50,52H,11-14,16-18H2,1-7H3/t20-,21-,22+,26+,27+,29+,30-,31+,32+,33-,37-,41+,43+/m1/s1. The quantitative estimate of drug-likeness (QED) is 0.215. The van der Waals surface area contributed by atoms with Crippen molar-refractivity contribution in [2.45, 2.75) is 152 Å². The number of esters is 1. The predicted octanol–water partition coefficient (Wildman–Crippen LogP) is 3.55. The summed E-state index contributed by atoms with van der Waals surface area (Å²) in [5.74, 6) is -5.52. The number of aromatic hydroxyl groups is 2. The maximum Gasteiger partial charge on any atom is 0.316 e. The Morgan fingerprint density at radius 2 is 1.54 bits per heavy atom. The van der Waals surface area contributed by atoms with Gasteiger partial charge in [0.25, 0.3) is 0 Å². The Morgan fingerprint density at radius 3 is 2.20 bits per heavy atom. The van der Waals surface area contributed by atoms with E-state index in [1.54, 1.807) is 0 Å². The Hall–Kier alpha value is -3.84. The molecule has 59 heavy (non-hydrogen) atoms. The van der Waals surface area contributed by atoms with E-state index < -0.39 is 96.0 Å². The summed E-state index contributed by atoms with van der Waals surface area (Å²) in [6.45, 7) is 6.85. The molecule has 0 unspecified atom stereocenters. The number of rotatable bonds is 10. The van der Waals surface area contributed by atoms with Crippen molar-refractivity contribution < 1.29 is 72.8 Å². The smallest absolute Gasteiger partial charge is 0.316 e. The first-order valence-electron chi connectivity index (χ1n) is 20.3. The highest BCUT2D eigenvalue weighted by atomic mass is 16.7. The fourth-order valence-electron chi connectivity index (χ4n) is 9.56. The third-order valence-corrected chi connectivity index (χ3v) is 12.5. The van der Waals surface area contributed by atoms with Crippen LogP contribution >= 0.6 is 0 Å². The molecule has 2 aromatic carbocycles. The number of carbonyl (C=O) groups excluding carboxylic acids is 4. The molecule has 4 N–H and O–H groups in total. The van der Waals surface area contributed by atoms with E-state index in [1.807, 2.05) is 39.8 Å². The van der Waals surface area contributed by atoms with Crippen molar-refractivity contribution in [3.05, 3.63) is 57.6 Å². The fourth-order valence-corrected chi connectivity index (χ4v) is 9.56. The van der Waals surface area contributed by atoms with Gasteiger partial charge in [0.05, 0.1) is 60.5 Å². The molecule has 0 amide bonds. The lowest BCUT2D eigenvalue weighted by atomic mass is 9.66. The molecule has 16 heteroatoms. The number of ether oxygens (including phenoxy) is 7. The highest BCUT2D eigenvalue weighted by molar-refractivity contribution is 6.30. The molecule has 0 aromatic heterocycles. The molecule has 16 nitrogen and oxygen atoms in total. The number of hydrogen-bond acceptors (Lipinski definition) is 16. The van der Waals surface area contributed by atoms with Gasteiger partial charge < -0.3 is 58.5 Å². The van der Waals surface area contributed by atoms with Crippen LogP contribution in [-0.4, -0.2) is 137 Å². The van der Waals surface area contributed by atoms with Crippen LogP contribution in [0.15, 0.2) is 24.3 Å². The molecule has 5 aliphatic rings. The number of hydrogen-bond donors (Lipinski definition) is 4. The van der Waals surface area contributed by atoms with Crippen molar-refractivity contribution in [1.82, 2.24) is 4.90 Å². The number of likely N-dealkylation sites (N-methyl/N-ethyl adjacent to an activating group) is 1. The molecular formula is C43H55NO15. The molecule has 3 aliphatic heterocycles. The van der Waals surface area contributed by atoms with Gasteiger partial charge in [0.2, 0.25) is 5.78 Å². The van der Waals surface area contributed by atoms with E-state index in [2.05, 4.69) is 0 Å². The van der Waals surface area contributed by atoms with Crippen LogP contribution in [0.25, 0.3) is 0 Å². The van der Waals surface area contributed by atoms with Crippen LogP contribution in [0.2, 0.25) is 0 Å². The summed E-state index contributed by atoms with van der Waals surface area (Å²) in [5.41, 5.74) is -3.18.